The number of carbonyl (C=O) groups is 1. The van der Waals surface area contributed by atoms with E-state index in [4.69, 9.17) is 0 Å². The van der Waals surface area contributed by atoms with E-state index in [2.05, 4.69) is 15.6 Å². The minimum absolute atomic E-state index is 0.0842. The van der Waals surface area contributed by atoms with E-state index in [1.165, 1.54) is 35.5 Å². The second kappa shape index (κ2) is 8.31. The van der Waals surface area contributed by atoms with Gasteiger partial charge in [-0.1, -0.05) is 12.1 Å². The molecule has 3 rings (SSSR count). The molecule has 0 saturated heterocycles. The van der Waals surface area contributed by atoms with Crippen LogP contribution in [-0.2, 0) is 19.3 Å². The summed E-state index contributed by atoms with van der Waals surface area (Å²) in [6.45, 7) is 0.598. The first kappa shape index (κ1) is 17.7. The van der Waals surface area contributed by atoms with Gasteiger partial charge in [0.1, 0.15) is 5.75 Å². The Balaban J connectivity index is 1.38. The van der Waals surface area contributed by atoms with Crippen LogP contribution in [0.2, 0.25) is 0 Å². The third-order valence-electron chi connectivity index (χ3n) is 4.23. The number of nitrogens with zero attached hydrogens (tertiary/aromatic N) is 1. The van der Waals surface area contributed by atoms with Crippen molar-refractivity contribution in [1.82, 2.24) is 15.6 Å². The van der Waals surface area contributed by atoms with Crippen LogP contribution in [0.1, 0.15) is 40.1 Å². The van der Waals surface area contributed by atoms with Crippen molar-refractivity contribution in [2.24, 2.45) is 0 Å². The maximum atomic E-state index is 11.8. The molecule has 2 aromatic rings. The third-order valence-corrected chi connectivity index (χ3v) is 5.44. The van der Waals surface area contributed by atoms with E-state index >= 15 is 0 Å². The molecular formula is C18H23N3O3S. The van der Waals surface area contributed by atoms with Gasteiger partial charge in [0.2, 0.25) is 0 Å². The average molecular weight is 361 g/mol. The Morgan fingerprint density at radius 2 is 2.12 bits per heavy atom. The van der Waals surface area contributed by atoms with Crippen LogP contribution in [0.4, 0.5) is 4.79 Å². The molecule has 1 aliphatic rings. The van der Waals surface area contributed by atoms with E-state index in [1.807, 2.05) is 0 Å². The molecule has 25 heavy (non-hydrogen) atoms. The van der Waals surface area contributed by atoms with Crippen LogP contribution in [0.5, 0.6) is 5.75 Å². The molecule has 1 aromatic heterocycles. The number of aromatic nitrogens is 1. The minimum atomic E-state index is -0.858. The van der Waals surface area contributed by atoms with Gasteiger partial charge >= 0.3 is 6.03 Å². The monoisotopic (exact) mass is 361 g/mol. The lowest BCUT2D eigenvalue weighted by molar-refractivity contribution is 0.173. The number of fused-ring (bicyclic) bond motifs is 1. The fourth-order valence-corrected chi connectivity index (χ4v) is 4.05. The van der Waals surface area contributed by atoms with Crippen molar-refractivity contribution in [3.8, 4) is 5.75 Å². The highest BCUT2D eigenvalue weighted by molar-refractivity contribution is 7.11. The van der Waals surface area contributed by atoms with E-state index in [1.54, 1.807) is 23.5 Å². The highest BCUT2D eigenvalue weighted by Crippen LogP contribution is 2.26. The van der Waals surface area contributed by atoms with Gasteiger partial charge in [-0.15, -0.1) is 11.3 Å². The summed E-state index contributed by atoms with van der Waals surface area (Å²) in [6.07, 6.45) is 4.54. The Morgan fingerprint density at radius 1 is 1.28 bits per heavy atom. The van der Waals surface area contributed by atoms with Crippen molar-refractivity contribution in [3.05, 3.63) is 45.4 Å². The molecule has 1 atom stereocenters. The van der Waals surface area contributed by atoms with Gasteiger partial charge in [-0.05, 0) is 43.4 Å². The number of thiazole rings is 1. The number of carbonyl (C=O) groups excluding carboxylic acids is 1. The zero-order valence-electron chi connectivity index (χ0n) is 14.0. The number of aryl methyl sites for hydroxylation is 2. The summed E-state index contributed by atoms with van der Waals surface area (Å²) < 4.78 is 0. The molecule has 0 saturated carbocycles. The number of nitrogens with one attached hydrogen (secondary N) is 2. The first-order valence-corrected chi connectivity index (χ1v) is 9.39. The molecule has 0 radical (unpaired) electrons. The largest absolute Gasteiger partial charge is 0.508 e. The minimum Gasteiger partial charge on any atom is -0.508 e. The summed E-state index contributed by atoms with van der Waals surface area (Å²) in [4.78, 5) is 17.9. The van der Waals surface area contributed by atoms with Crippen molar-refractivity contribution in [1.29, 1.82) is 0 Å². The van der Waals surface area contributed by atoms with E-state index in [0.29, 0.717) is 12.1 Å². The van der Waals surface area contributed by atoms with Gasteiger partial charge in [-0.2, -0.15) is 0 Å². The van der Waals surface area contributed by atoms with Gasteiger partial charge in [-0.25, -0.2) is 9.78 Å². The molecule has 0 spiro atoms. The number of phenols is 1. The van der Waals surface area contributed by atoms with Crippen LogP contribution >= 0.6 is 11.3 Å². The number of aromatic hydroxyl groups is 1. The lowest BCUT2D eigenvalue weighted by Gasteiger charge is -2.13. The van der Waals surface area contributed by atoms with Crippen molar-refractivity contribution < 1.29 is 15.0 Å². The summed E-state index contributed by atoms with van der Waals surface area (Å²) in [7, 11) is 0. The van der Waals surface area contributed by atoms with Crippen molar-refractivity contribution in [2.45, 2.75) is 38.2 Å². The Bertz CT molecular complexity index is 709. The number of urea groups is 1. The van der Waals surface area contributed by atoms with Crippen LogP contribution in [0, 0.1) is 0 Å². The van der Waals surface area contributed by atoms with Gasteiger partial charge < -0.3 is 20.8 Å². The lowest BCUT2D eigenvalue weighted by atomic mass is 10.0. The van der Waals surface area contributed by atoms with Crippen molar-refractivity contribution >= 4 is 17.4 Å². The smallest absolute Gasteiger partial charge is 0.314 e. The summed E-state index contributed by atoms with van der Waals surface area (Å²) in [5.41, 5.74) is 1.80. The molecule has 0 fully saturated rings. The van der Waals surface area contributed by atoms with E-state index in [9.17, 15) is 15.0 Å². The molecule has 4 N–H and O–H groups in total. The quantitative estimate of drug-likeness (QED) is 0.635. The number of rotatable bonds is 6. The summed E-state index contributed by atoms with van der Waals surface area (Å²) in [6, 6.07) is 6.05. The Hall–Kier alpha value is -2.12. The fraction of sp³-hybridized carbons (Fsp3) is 0.444. The first-order chi connectivity index (χ1) is 12.1. The first-order valence-electron chi connectivity index (χ1n) is 8.58. The van der Waals surface area contributed by atoms with Crippen LogP contribution in [-0.4, -0.2) is 34.3 Å². The fourth-order valence-electron chi connectivity index (χ4n) is 2.90. The van der Waals surface area contributed by atoms with Crippen molar-refractivity contribution in [3.63, 3.8) is 0 Å². The second-order valence-electron chi connectivity index (χ2n) is 6.18. The number of aliphatic hydroxyl groups is 1. The van der Waals surface area contributed by atoms with Crippen LogP contribution in [0.25, 0.3) is 0 Å². The highest BCUT2D eigenvalue weighted by Gasteiger charge is 2.15. The van der Waals surface area contributed by atoms with Crippen molar-refractivity contribution in [2.75, 3.05) is 13.1 Å². The molecule has 134 valence electrons. The molecule has 1 aromatic carbocycles. The molecule has 0 aliphatic heterocycles. The van der Waals surface area contributed by atoms with Crippen LogP contribution in [0.3, 0.4) is 0 Å². The normalized spacial score (nSPS) is 14.6. The number of hydrogen-bond donors (Lipinski definition) is 4. The van der Waals surface area contributed by atoms with E-state index in [0.717, 1.165) is 24.3 Å². The SMILES string of the molecule is O=C(NCCc1nc2c(s1)CCCC2)NC[C@@H](O)c1cccc(O)c1. The van der Waals surface area contributed by atoms with Gasteiger partial charge in [-0.3, -0.25) is 0 Å². The molecule has 1 aliphatic carbocycles. The Kier molecular flexibility index (Phi) is 5.88. The molecule has 1 heterocycles. The number of aliphatic hydroxyl groups excluding tert-OH is 1. The number of benzene rings is 1. The third kappa shape index (κ3) is 4.93. The maximum Gasteiger partial charge on any atom is 0.314 e. The predicted octanol–water partition coefficient (Wildman–Crippen LogP) is 2.30. The van der Waals surface area contributed by atoms with Gasteiger partial charge in [0.15, 0.2) is 0 Å². The predicted molar refractivity (Wildman–Crippen MR) is 96.9 cm³/mol. The molecule has 0 bridgehead atoms. The number of hydrogen-bond acceptors (Lipinski definition) is 5. The molecular weight excluding hydrogens is 338 g/mol. The summed E-state index contributed by atoms with van der Waals surface area (Å²) in [5, 5.41) is 25.9. The lowest BCUT2D eigenvalue weighted by Crippen LogP contribution is -2.38. The molecule has 2 amide bonds. The second-order valence-corrected chi connectivity index (χ2v) is 7.35. The van der Waals surface area contributed by atoms with Gasteiger partial charge in [0.05, 0.1) is 16.8 Å². The van der Waals surface area contributed by atoms with Crippen LogP contribution < -0.4 is 10.6 Å². The number of phenolic OH excluding ortho intramolecular Hbond substituents is 1. The zero-order valence-corrected chi connectivity index (χ0v) is 14.8. The van der Waals surface area contributed by atoms with Crippen LogP contribution in [0.15, 0.2) is 24.3 Å². The standard InChI is InChI=1S/C18H23N3O3S/c22-13-5-3-4-12(10-13)15(23)11-20-18(24)19-9-8-17-21-14-6-1-2-7-16(14)25-17/h3-5,10,15,22-23H,1-2,6-9,11H2,(H2,19,20,24)/t15-/m1/s1. The molecule has 0 unspecified atom stereocenters. The zero-order chi connectivity index (χ0) is 17.6. The average Bonchev–Trinajstić information content (AvgIpc) is 3.02. The van der Waals surface area contributed by atoms with Gasteiger partial charge in [0, 0.05) is 24.4 Å². The summed E-state index contributed by atoms with van der Waals surface area (Å²) in [5.74, 6) is 0.0900. The number of amides is 2. The molecule has 6 nitrogen and oxygen atoms in total. The maximum absolute atomic E-state index is 11.8. The summed E-state index contributed by atoms with van der Waals surface area (Å²) >= 11 is 1.76. The van der Waals surface area contributed by atoms with Gasteiger partial charge in [0.25, 0.3) is 0 Å². The van der Waals surface area contributed by atoms with E-state index < -0.39 is 6.10 Å². The Labute approximate surface area is 150 Å². The highest BCUT2D eigenvalue weighted by atomic mass is 32.1. The Morgan fingerprint density at radius 3 is 2.92 bits per heavy atom. The molecule has 7 heteroatoms. The topological polar surface area (TPSA) is 94.5 Å². The van der Waals surface area contributed by atoms with E-state index in [-0.39, 0.29) is 18.3 Å².